The van der Waals surface area contributed by atoms with Crippen LogP contribution in [0.3, 0.4) is 0 Å². The third-order valence-electron chi connectivity index (χ3n) is 5.49. The lowest BCUT2D eigenvalue weighted by Crippen LogP contribution is -2.56. The molecule has 148 valence electrons. The third kappa shape index (κ3) is 4.16. The summed E-state index contributed by atoms with van der Waals surface area (Å²) >= 11 is 0. The molecule has 6 nitrogen and oxygen atoms in total. The highest BCUT2D eigenvalue weighted by molar-refractivity contribution is 5.97. The molecule has 0 aliphatic heterocycles. The van der Waals surface area contributed by atoms with Crippen molar-refractivity contribution in [2.75, 3.05) is 7.05 Å². The van der Waals surface area contributed by atoms with Gasteiger partial charge in [0.25, 0.3) is 5.91 Å². The summed E-state index contributed by atoms with van der Waals surface area (Å²) in [7, 11) is 1.60. The number of aromatic nitrogens is 1. The summed E-state index contributed by atoms with van der Waals surface area (Å²) in [5, 5.41) is 9.82. The lowest BCUT2D eigenvalue weighted by molar-refractivity contribution is -0.151. The zero-order valence-corrected chi connectivity index (χ0v) is 16.4. The summed E-state index contributed by atoms with van der Waals surface area (Å²) in [5.41, 5.74) is 1.11. The van der Waals surface area contributed by atoms with E-state index in [1.54, 1.807) is 31.4 Å². The molecule has 0 unspecified atom stereocenters. The molecule has 1 N–H and O–H groups in total. The fraction of sp³-hybridized carbons (Fsp3) is 0.409. The van der Waals surface area contributed by atoms with Gasteiger partial charge in [-0.25, -0.2) is 4.79 Å². The maximum atomic E-state index is 13.0. The number of pyridine rings is 1. The van der Waals surface area contributed by atoms with Gasteiger partial charge in [0.2, 0.25) is 0 Å². The smallest absolute Gasteiger partial charge is 0.329 e. The molecule has 0 atom stereocenters. The Morgan fingerprint density at radius 1 is 1.18 bits per heavy atom. The number of hydrogen-bond acceptors (Lipinski definition) is 4. The largest absolute Gasteiger partial charge is 0.487 e. The average molecular weight is 382 g/mol. The molecule has 1 fully saturated rings. The number of carboxylic acid groups (broad SMARTS) is 1. The van der Waals surface area contributed by atoms with Gasteiger partial charge in [-0.15, -0.1) is 0 Å². The van der Waals surface area contributed by atoms with Crippen LogP contribution in [0.5, 0.6) is 5.75 Å². The Labute approximate surface area is 165 Å². The van der Waals surface area contributed by atoms with Crippen LogP contribution in [0.1, 0.15) is 53.7 Å². The van der Waals surface area contributed by atoms with Gasteiger partial charge in [-0.2, -0.15) is 0 Å². The quantitative estimate of drug-likeness (QED) is 0.821. The fourth-order valence-corrected chi connectivity index (χ4v) is 3.72. The first-order valence-electron chi connectivity index (χ1n) is 9.58. The van der Waals surface area contributed by atoms with E-state index in [1.165, 1.54) is 4.90 Å². The van der Waals surface area contributed by atoms with Crippen LogP contribution in [0.15, 0.2) is 42.6 Å². The van der Waals surface area contributed by atoms with Crippen molar-refractivity contribution in [2.24, 2.45) is 0 Å². The monoisotopic (exact) mass is 382 g/mol. The molecular weight excluding hydrogens is 356 g/mol. The second-order valence-electron chi connectivity index (χ2n) is 7.39. The number of carbonyl (C=O) groups excluding carboxylic acids is 1. The van der Waals surface area contributed by atoms with Crippen LogP contribution in [0, 0.1) is 6.92 Å². The maximum absolute atomic E-state index is 13.0. The summed E-state index contributed by atoms with van der Waals surface area (Å²) in [4.78, 5) is 30.6. The highest BCUT2D eigenvalue weighted by Gasteiger charge is 2.45. The lowest BCUT2D eigenvalue weighted by atomic mass is 9.80. The van der Waals surface area contributed by atoms with Crippen molar-refractivity contribution in [3.63, 3.8) is 0 Å². The molecular formula is C22H26N2O4. The third-order valence-corrected chi connectivity index (χ3v) is 5.49. The van der Waals surface area contributed by atoms with Crippen LogP contribution in [0.4, 0.5) is 0 Å². The van der Waals surface area contributed by atoms with Gasteiger partial charge in [0.05, 0.1) is 6.20 Å². The predicted molar refractivity (Wildman–Crippen MR) is 105 cm³/mol. The van der Waals surface area contributed by atoms with Gasteiger partial charge in [0.1, 0.15) is 17.9 Å². The first-order valence-corrected chi connectivity index (χ1v) is 9.58. The lowest BCUT2D eigenvalue weighted by Gasteiger charge is -2.41. The minimum atomic E-state index is -1.12. The van der Waals surface area contributed by atoms with Crippen LogP contribution in [-0.2, 0) is 11.4 Å². The second-order valence-corrected chi connectivity index (χ2v) is 7.39. The molecule has 6 heteroatoms. The number of benzene rings is 1. The molecule has 0 saturated heterocycles. The number of aryl methyl sites for hydroxylation is 1. The van der Waals surface area contributed by atoms with E-state index in [1.807, 2.05) is 25.1 Å². The Hall–Kier alpha value is -2.89. The van der Waals surface area contributed by atoms with E-state index in [0.717, 1.165) is 30.5 Å². The molecule has 1 heterocycles. The van der Waals surface area contributed by atoms with E-state index in [2.05, 4.69) is 4.98 Å². The molecule has 1 saturated carbocycles. The fourth-order valence-electron chi connectivity index (χ4n) is 3.72. The summed E-state index contributed by atoms with van der Waals surface area (Å²) in [5.74, 6) is -0.538. The number of amides is 1. The van der Waals surface area contributed by atoms with Gasteiger partial charge in [-0.3, -0.25) is 9.78 Å². The molecule has 1 aliphatic carbocycles. The van der Waals surface area contributed by atoms with Crippen LogP contribution >= 0.6 is 0 Å². The first-order chi connectivity index (χ1) is 13.4. The number of rotatable bonds is 6. The predicted octanol–water partition coefficient (Wildman–Crippen LogP) is 3.83. The number of carboxylic acids is 1. The Morgan fingerprint density at radius 3 is 2.57 bits per heavy atom. The summed E-state index contributed by atoms with van der Waals surface area (Å²) in [6.45, 7) is 2.21. The van der Waals surface area contributed by atoms with E-state index in [4.69, 9.17) is 4.74 Å². The number of hydrogen-bond donors (Lipinski definition) is 1. The Kier molecular flexibility index (Phi) is 5.97. The molecule has 1 aromatic heterocycles. The molecule has 1 amide bonds. The van der Waals surface area contributed by atoms with Gasteiger partial charge in [-0.1, -0.05) is 31.4 Å². The van der Waals surface area contributed by atoms with E-state index < -0.39 is 11.5 Å². The standard InChI is InChI=1S/C22H26N2O4/c1-16-9-10-19(14-23-16)28-15-17-7-6-8-18(13-17)20(25)24(2)22(21(26)27)11-4-3-5-12-22/h6-10,13-14H,3-5,11-12,15H2,1-2H3,(H,26,27). The van der Waals surface area contributed by atoms with E-state index in [9.17, 15) is 14.7 Å². The molecule has 1 aliphatic rings. The van der Waals surface area contributed by atoms with E-state index in [-0.39, 0.29) is 5.91 Å². The van der Waals surface area contributed by atoms with Gasteiger partial charge in [0.15, 0.2) is 0 Å². The molecule has 2 aromatic rings. The van der Waals surface area contributed by atoms with Gasteiger partial charge < -0.3 is 14.7 Å². The van der Waals surface area contributed by atoms with Crippen LogP contribution < -0.4 is 4.74 Å². The second kappa shape index (κ2) is 8.42. The van der Waals surface area contributed by atoms with Crippen molar-refractivity contribution in [2.45, 2.75) is 51.2 Å². The number of ether oxygens (including phenoxy) is 1. The average Bonchev–Trinajstić information content (AvgIpc) is 2.73. The highest BCUT2D eigenvalue weighted by atomic mass is 16.5. The zero-order valence-electron chi connectivity index (χ0n) is 16.4. The Morgan fingerprint density at radius 2 is 1.93 bits per heavy atom. The van der Waals surface area contributed by atoms with Crippen molar-refractivity contribution in [3.05, 3.63) is 59.4 Å². The van der Waals surface area contributed by atoms with Crippen molar-refractivity contribution >= 4 is 11.9 Å². The van der Waals surface area contributed by atoms with E-state index in [0.29, 0.717) is 30.8 Å². The molecule has 3 rings (SSSR count). The number of aliphatic carboxylic acids is 1. The summed E-state index contributed by atoms with van der Waals surface area (Å²) in [6.07, 6.45) is 5.31. The normalized spacial score (nSPS) is 15.6. The topological polar surface area (TPSA) is 79.7 Å². The van der Waals surface area contributed by atoms with Crippen LogP contribution in [0.2, 0.25) is 0 Å². The maximum Gasteiger partial charge on any atom is 0.329 e. The summed E-state index contributed by atoms with van der Waals surface area (Å²) in [6, 6.07) is 10.9. The Bertz CT molecular complexity index is 842. The summed E-state index contributed by atoms with van der Waals surface area (Å²) < 4.78 is 5.74. The van der Waals surface area contributed by atoms with Gasteiger partial charge in [-0.05, 0) is 49.6 Å². The van der Waals surface area contributed by atoms with Crippen molar-refractivity contribution < 1.29 is 19.4 Å². The molecule has 0 bridgehead atoms. The van der Waals surface area contributed by atoms with Crippen molar-refractivity contribution in [1.29, 1.82) is 0 Å². The minimum Gasteiger partial charge on any atom is -0.487 e. The Balaban J connectivity index is 1.74. The van der Waals surface area contributed by atoms with Crippen molar-refractivity contribution in [3.8, 4) is 5.75 Å². The number of carbonyl (C=O) groups is 2. The molecule has 0 spiro atoms. The zero-order chi connectivity index (χ0) is 20.1. The van der Waals surface area contributed by atoms with Crippen molar-refractivity contribution in [1.82, 2.24) is 9.88 Å². The molecule has 28 heavy (non-hydrogen) atoms. The highest BCUT2D eigenvalue weighted by Crippen LogP contribution is 2.34. The number of nitrogens with zero attached hydrogens (tertiary/aromatic N) is 2. The molecule has 1 aromatic carbocycles. The van der Waals surface area contributed by atoms with Gasteiger partial charge in [0, 0.05) is 18.3 Å². The number of likely N-dealkylation sites (N-methyl/N-ethyl adjacent to an activating group) is 1. The minimum absolute atomic E-state index is 0.275. The SMILES string of the molecule is Cc1ccc(OCc2cccc(C(=O)N(C)C3(C(=O)O)CCCCC3)c2)cn1. The van der Waals surface area contributed by atoms with Gasteiger partial charge >= 0.3 is 5.97 Å². The van der Waals surface area contributed by atoms with E-state index >= 15 is 0 Å². The first kappa shape index (κ1) is 19.9. The molecule has 0 radical (unpaired) electrons. The van der Waals surface area contributed by atoms with Crippen LogP contribution in [-0.4, -0.2) is 39.5 Å². The van der Waals surface area contributed by atoms with Crippen LogP contribution in [0.25, 0.3) is 0 Å².